The Kier molecular flexibility index (Phi) is 6.97. The number of anilines is 4. The van der Waals surface area contributed by atoms with Gasteiger partial charge in [0.2, 0.25) is 0 Å². The van der Waals surface area contributed by atoms with Crippen molar-refractivity contribution in [1.29, 1.82) is 0 Å². The fourth-order valence-corrected chi connectivity index (χ4v) is 5.39. The van der Waals surface area contributed by atoms with Crippen LogP contribution in [0.15, 0.2) is 54.2 Å². The Balaban J connectivity index is 1.38. The van der Waals surface area contributed by atoms with Crippen LogP contribution in [0.25, 0.3) is 10.1 Å². The first-order valence-corrected chi connectivity index (χ1v) is 12.8. The standard InChI is InChI=1S/C26H26FN7O2S/c27-19-10-17(23(29)35)24(34-25(19)33-21-7-3-2-6-20(21)28)31-14-9-15(12-30-11-14)32-26(36)18-13-37-22-8-4-1-5-16(18)22/h1,4-5,8-13,20-21H,2-3,6-7,28H2,(H2,29,35)(H,32,36)(H2,31,33,34)/t20-,21+/m0/s1. The second-order valence-corrected chi connectivity index (χ2v) is 9.88. The second kappa shape index (κ2) is 10.5. The summed E-state index contributed by atoms with van der Waals surface area (Å²) in [6.07, 6.45) is 6.66. The fourth-order valence-electron chi connectivity index (χ4n) is 4.45. The number of nitrogens with two attached hydrogens (primary N) is 2. The van der Waals surface area contributed by atoms with Gasteiger partial charge in [0.05, 0.1) is 34.9 Å². The number of pyridine rings is 2. The Labute approximate surface area is 216 Å². The minimum atomic E-state index is -0.837. The predicted molar refractivity (Wildman–Crippen MR) is 144 cm³/mol. The number of amides is 2. The Morgan fingerprint density at radius 2 is 1.81 bits per heavy atom. The lowest BCUT2D eigenvalue weighted by atomic mass is 9.91. The summed E-state index contributed by atoms with van der Waals surface area (Å²) >= 11 is 1.49. The molecule has 190 valence electrons. The van der Waals surface area contributed by atoms with Gasteiger partial charge < -0.3 is 27.4 Å². The molecule has 5 rings (SSSR count). The molecular formula is C26H26FN7O2S. The number of carbonyl (C=O) groups excluding carboxylic acids is 2. The maximum atomic E-state index is 14.8. The maximum absolute atomic E-state index is 14.8. The van der Waals surface area contributed by atoms with Gasteiger partial charge in [0.1, 0.15) is 5.82 Å². The molecule has 0 unspecified atom stereocenters. The second-order valence-electron chi connectivity index (χ2n) is 8.97. The molecule has 1 aromatic carbocycles. The zero-order valence-electron chi connectivity index (χ0n) is 19.8. The van der Waals surface area contributed by atoms with Gasteiger partial charge in [0.15, 0.2) is 11.6 Å². The summed E-state index contributed by atoms with van der Waals surface area (Å²) < 4.78 is 15.8. The van der Waals surface area contributed by atoms with E-state index in [-0.39, 0.29) is 35.2 Å². The number of thiophene rings is 1. The van der Waals surface area contributed by atoms with Crippen molar-refractivity contribution in [2.75, 3.05) is 16.0 Å². The number of nitrogens with one attached hydrogen (secondary N) is 3. The largest absolute Gasteiger partial charge is 0.365 e. The van der Waals surface area contributed by atoms with Crippen molar-refractivity contribution >= 4 is 56.2 Å². The highest BCUT2D eigenvalue weighted by molar-refractivity contribution is 7.17. The zero-order valence-corrected chi connectivity index (χ0v) is 20.6. The van der Waals surface area contributed by atoms with Gasteiger partial charge in [-0.2, -0.15) is 0 Å². The molecule has 11 heteroatoms. The average Bonchev–Trinajstić information content (AvgIpc) is 3.32. The Bertz CT molecular complexity index is 1470. The van der Waals surface area contributed by atoms with Gasteiger partial charge in [-0.15, -0.1) is 11.3 Å². The van der Waals surface area contributed by atoms with Gasteiger partial charge in [-0.1, -0.05) is 31.0 Å². The van der Waals surface area contributed by atoms with E-state index in [1.165, 1.54) is 23.7 Å². The van der Waals surface area contributed by atoms with Crippen LogP contribution in [0.5, 0.6) is 0 Å². The van der Waals surface area contributed by atoms with Crippen molar-refractivity contribution in [2.24, 2.45) is 11.5 Å². The van der Waals surface area contributed by atoms with Crippen molar-refractivity contribution in [3.05, 3.63) is 71.1 Å². The number of hydrogen-bond donors (Lipinski definition) is 5. The molecule has 3 aromatic heterocycles. The lowest BCUT2D eigenvalue weighted by molar-refractivity contribution is 0.0998. The molecule has 9 nitrogen and oxygen atoms in total. The third-order valence-electron chi connectivity index (χ3n) is 6.37. The molecule has 7 N–H and O–H groups in total. The van der Waals surface area contributed by atoms with Crippen LogP contribution in [0.1, 0.15) is 46.4 Å². The molecule has 0 bridgehead atoms. The SMILES string of the molecule is NC(=O)c1cc(F)c(N[C@@H]2CCCC[C@@H]2N)nc1Nc1cncc(NC(=O)c2csc3ccccc23)c1. The summed E-state index contributed by atoms with van der Waals surface area (Å²) in [5, 5.41) is 11.6. The molecule has 1 aliphatic carbocycles. The van der Waals surface area contributed by atoms with E-state index in [1.807, 2.05) is 29.6 Å². The van der Waals surface area contributed by atoms with Crippen LogP contribution in [0.2, 0.25) is 0 Å². The lowest BCUT2D eigenvalue weighted by Gasteiger charge is -2.30. The number of benzene rings is 1. The molecule has 0 radical (unpaired) electrons. The van der Waals surface area contributed by atoms with Gasteiger partial charge in [0, 0.05) is 27.5 Å². The Morgan fingerprint density at radius 1 is 1.03 bits per heavy atom. The third-order valence-corrected chi connectivity index (χ3v) is 7.33. The number of rotatable bonds is 7. The highest BCUT2D eigenvalue weighted by atomic mass is 32.1. The van der Waals surface area contributed by atoms with E-state index >= 15 is 0 Å². The van der Waals surface area contributed by atoms with Crippen molar-refractivity contribution in [3.63, 3.8) is 0 Å². The van der Waals surface area contributed by atoms with E-state index in [9.17, 15) is 14.0 Å². The van der Waals surface area contributed by atoms with Crippen LogP contribution < -0.4 is 27.4 Å². The molecule has 4 aromatic rings. The zero-order chi connectivity index (χ0) is 25.9. The summed E-state index contributed by atoms with van der Waals surface area (Å²) in [5.74, 6) is -1.76. The first-order valence-electron chi connectivity index (χ1n) is 11.9. The number of carbonyl (C=O) groups is 2. The summed E-state index contributed by atoms with van der Waals surface area (Å²) in [4.78, 5) is 33.4. The van der Waals surface area contributed by atoms with Crippen LogP contribution >= 0.6 is 11.3 Å². The number of hydrogen-bond acceptors (Lipinski definition) is 8. The third kappa shape index (κ3) is 5.37. The quantitative estimate of drug-likeness (QED) is 0.239. The molecule has 1 fully saturated rings. The van der Waals surface area contributed by atoms with Crippen molar-refractivity contribution in [3.8, 4) is 0 Å². The van der Waals surface area contributed by atoms with Crippen LogP contribution in [0, 0.1) is 5.82 Å². The number of nitrogens with zero attached hydrogens (tertiary/aromatic N) is 2. The Morgan fingerprint density at radius 3 is 2.62 bits per heavy atom. The molecular weight excluding hydrogens is 493 g/mol. The fraction of sp³-hybridized carbons (Fsp3) is 0.231. The number of halogens is 1. The van der Waals surface area contributed by atoms with E-state index in [4.69, 9.17) is 11.5 Å². The van der Waals surface area contributed by atoms with E-state index in [0.29, 0.717) is 16.9 Å². The van der Waals surface area contributed by atoms with Crippen LogP contribution in [0.4, 0.5) is 27.4 Å². The molecule has 1 saturated carbocycles. The number of aromatic nitrogens is 2. The number of fused-ring (bicyclic) bond motifs is 1. The van der Waals surface area contributed by atoms with E-state index in [2.05, 4.69) is 25.9 Å². The summed E-state index contributed by atoms with van der Waals surface area (Å²) in [5.41, 5.74) is 13.0. The predicted octanol–water partition coefficient (Wildman–Crippen LogP) is 4.61. The van der Waals surface area contributed by atoms with Crippen molar-refractivity contribution < 1.29 is 14.0 Å². The van der Waals surface area contributed by atoms with Gasteiger partial charge in [-0.3, -0.25) is 14.6 Å². The van der Waals surface area contributed by atoms with Crippen LogP contribution in [-0.2, 0) is 0 Å². The van der Waals surface area contributed by atoms with E-state index in [1.54, 1.807) is 6.07 Å². The maximum Gasteiger partial charge on any atom is 0.257 e. The minimum absolute atomic E-state index is 0.0170. The normalized spacial score (nSPS) is 17.4. The smallest absolute Gasteiger partial charge is 0.257 e. The van der Waals surface area contributed by atoms with E-state index < -0.39 is 11.7 Å². The highest BCUT2D eigenvalue weighted by Crippen LogP contribution is 2.29. The number of primary amides is 1. The summed E-state index contributed by atoms with van der Waals surface area (Å²) in [6, 6.07) is 10.1. The van der Waals surface area contributed by atoms with Crippen molar-refractivity contribution in [2.45, 2.75) is 37.8 Å². The van der Waals surface area contributed by atoms with Gasteiger partial charge in [0.25, 0.3) is 11.8 Å². The monoisotopic (exact) mass is 519 g/mol. The molecule has 3 heterocycles. The molecule has 1 aliphatic rings. The first-order chi connectivity index (χ1) is 17.9. The molecule has 0 aliphatic heterocycles. The van der Waals surface area contributed by atoms with Gasteiger partial charge in [-0.25, -0.2) is 9.37 Å². The molecule has 37 heavy (non-hydrogen) atoms. The van der Waals surface area contributed by atoms with Crippen LogP contribution in [0.3, 0.4) is 0 Å². The molecule has 2 amide bonds. The molecule has 0 saturated heterocycles. The van der Waals surface area contributed by atoms with Gasteiger partial charge in [-0.05, 0) is 31.0 Å². The summed E-state index contributed by atoms with van der Waals surface area (Å²) in [7, 11) is 0. The topological polar surface area (TPSA) is 148 Å². The lowest BCUT2D eigenvalue weighted by Crippen LogP contribution is -2.43. The van der Waals surface area contributed by atoms with Gasteiger partial charge >= 0.3 is 0 Å². The van der Waals surface area contributed by atoms with E-state index in [0.717, 1.165) is 41.8 Å². The highest BCUT2D eigenvalue weighted by Gasteiger charge is 2.24. The molecule has 0 spiro atoms. The molecule has 2 atom stereocenters. The van der Waals surface area contributed by atoms with Crippen molar-refractivity contribution in [1.82, 2.24) is 9.97 Å². The average molecular weight is 520 g/mol. The van der Waals surface area contributed by atoms with Crippen LogP contribution in [-0.4, -0.2) is 33.9 Å². The summed E-state index contributed by atoms with van der Waals surface area (Å²) in [6.45, 7) is 0. The Hall–Kier alpha value is -4.09. The first kappa shape index (κ1) is 24.6. The minimum Gasteiger partial charge on any atom is -0.365 e.